The molecule has 0 aromatic heterocycles. The molecule has 2 rings (SSSR count). The summed E-state index contributed by atoms with van der Waals surface area (Å²) in [4.78, 5) is 14.1. The molecule has 2 fully saturated rings. The van der Waals surface area contributed by atoms with E-state index in [4.69, 9.17) is 5.73 Å². The minimum atomic E-state index is -0.561. The van der Waals surface area contributed by atoms with Crippen LogP contribution in [0.15, 0.2) is 0 Å². The van der Waals surface area contributed by atoms with Crippen molar-refractivity contribution in [1.82, 2.24) is 10.2 Å². The molecule has 104 valence electrons. The molecular formula is C14H27N3O. The van der Waals surface area contributed by atoms with Crippen LogP contribution in [-0.4, -0.2) is 42.0 Å². The number of nitrogens with zero attached hydrogens (tertiary/aromatic N) is 1. The van der Waals surface area contributed by atoms with E-state index >= 15 is 0 Å². The number of primary amides is 1. The Labute approximate surface area is 110 Å². The highest BCUT2D eigenvalue weighted by molar-refractivity contribution is 5.84. The van der Waals surface area contributed by atoms with Crippen molar-refractivity contribution >= 4 is 5.91 Å². The molecule has 0 bridgehead atoms. The summed E-state index contributed by atoms with van der Waals surface area (Å²) in [7, 11) is 0. The zero-order chi connectivity index (χ0) is 13.2. The Hall–Kier alpha value is -0.610. The highest BCUT2D eigenvalue weighted by atomic mass is 16.1. The van der Waals surface area contributed by atoms with Gasteiger partial charge in [0.1, 0.15) is 5.54 Å². The van der Waals surface area contributed by atoms with Crippen LogP contribution in [0.1, 0.15) is 46.0 Å². The fraction of sp³-hybridized carbons (Fsp3) is 0.929. The van der Waals surface area contributed by atoms with E-state index in [1.807, 2.05) is 6.92 Å². The molecule has 0 aromatic carbocycles. The quantitative estimate of drug-likeness (QED) is 0.771. The zero-order valence-electron chi connectivity index (χ0n) is 11.7. The maximum absolute atomic E-state index is 11.7. The van der Waals surface area contributed by atoms with E-state index in [1.165, 1.54) is 32.1 Å². The first-order valence-corrected chi connectivity index (χ1v) is 7.29. The molecule has 2 atom stereocenters. The van der Waals surface area contributed by atoms with E-state index in [9.17, 15) is 4.79 Å². The molecular weight excluding hydrogens is 226 g/mol. The van der Waals surface area contributed by atoms with Crippen LogP contribution in [0.5, 0.6) is 0 Å². The first-order valence-electron chi connectivity index (χ1n) is 7.29. The topological polar surface area (TPSA) is 58.4 Å². The smallest absolute Gasteiger partial charge is 0.238 e. The third kappa shape index (κ3) is 3.69. The summed E-state index contributed by atoms with van der Waals surface area (Å²) in [6, 6.07) is 0.508. The molecule has 1 amide bonds. The number of rotatable bonds is 5. The highest BCUT2D eigenvalue weighted by Gasteiger charge is 2.38. The summed E-state index contributed by atoms with van der Waals surface area (Å²) in [6.45, 7) is 7.22. The number of likely N-dealkylation sites (tertiary alicyclic amines) is 1. The largest absolute Gasteiger partial charge is 0.368 e. The van der Waals surface area contributed by atoms with Crippen molar-refractivity contribution in [3.8, 4) is 0 Å². The Morgan fingerprint density at radius 1 is 1.33 bits per heavy atom. The van der Waals surface area contributed by atoms with Gasteiger partial charge in [-0.1, -0.05) is 6.92 Å². The zero-order valence-corrected chi connectivity index (χ0v) is 11.7. The van der Waals surface area contributed by atoms with Crippen molar-refractivity contribution in [3.63, 3.8) is 0 Å². The van der Waals surface area contributed by atoms with Gasteiger partial charge in [-0.3, -0.25) is 10.1 Å². The Morgan fingerprint density at radius 2 is 2.06 bits per heavy atom. The van der Waals surface area contributed by atoms with Gasteiger partial charge in [0, 0.05) is 12.6 Å². The third-order valence-electron chi connectivity index (χ3n) is 4.29. The van der Waals surface area contributed by atoms with Crippen LogP contribution in [0.4, 0.5) is 0 Å². The van der Waals surface area contributed by atoms with Crippen molar-refractivity contribution < 1.29 is 4.79 Å². The van der Waals surface area contributed by atoms with Crippen molar-refractivity contribution in [2.24, 2.45) is 11.7 Å². The minimum Gasteiger partial charge on any atom is -0.368 e. The lowest BCUT2D eigenvalue weighted by molar-refractivity contribution is -0.124. The van der Waals surface area contributed by atoms with Gasteiger partial charge in [0.2, 0.25) is 5.91 Å². The summed E-state index contributed by atoms with van der Waals surface area (Å²) in [6.07, 6.45) is 6.14. The molecule has 3 N–H and O–H groups in total. The predicted octanol–water partition coefficient (Wildman–Crippen LogP) is 1.10. The molecule has 1 saturated carbocycles. The highest BCUT2D eigenvalue weighted by Crippen LogP contribution is 2.24. The molecule has 2 unspecified atom stereocenters. The van der Waals surface area contributed by atoms with E-state index in [-0.39, 0.29) is 5.91 Å². The number of carbonyl (C=O) groups is 1. The summed E-state index contributed by atoms with van der Waals surface area (Å²) in [5, 5.41) is 3.43. The SMILES string of the molecule is CC1CCCN(CC(C)(NC2CC2)C(N)=O)CC1. The molecule has 1 heterocycles. The summed E-state index contributed by atoms with van der Waals surface area (Å²) < 4.78 is 0. The second-order valence-electron chi connectivity index (χ2n) is 6.43. The van der Waals surface area contributed by atoms with Crippen LogP contribution < -0.4 is 11.1 Å². The molecule has 0 radical (unpaired) electrons. The fourth-order valence-electron chi connectivity index (χ4n) is 2.80. The van der Waals surface area contributed by atoms with Crippen molar-refractivity contribution in [2.75, 3.05) is 19.6 Å². The van der Waals surface area contributed by atoms with Gasteiger partial charge < -0.3 is 10.6 Å². The van der Waals surface area contributed by atoms with E-state index in [0.29, 0.717) is 6.04 Å². The van der Waals surface area contributed by atoms with Crippen molar-refractivity contribution in [1.29, 1.82) is 0 Å². The van der Waals surface area contributed by atoms with Gasteiger partial charge in [-0.05, 0) is 58.0 Å². The molecule has 1 aliphatic carbocycles. The first-order chi connectivity index (χ1) is 8.49. The number of amides is 1. The summed E-state index contributed by atoms with van der Waals surface area (Å²) >= 11 is 0. The van der Waals surface area contributed by atoms with Crippen molar-refractivity contribution in [2.45, 2.75) is 57.5 Å². The maximum atomic E-state index is 11.7. The van der Waals surface area contributed by atoms with Crippen molar-refractivity contribution in [3.05, 3.63) is 0 Å². The fourth-order valence-corrected chi connectivity index (χ4v) is 2.80. The Balaban J connectivity index is 1.92. The average molecular weight is 253 g/mol. The molecule has 18 heavy (non-hydrogen) atoms. The van der Waals surface area contributed by atoms with E-state index in [0.717, 1.165) is 25.6 Å². The lowest BCUT2D eigenvalue weighted by Gasteiger charge is -2.33. The number of hydrogen-bond donors (Lipinski definition) is 2. The monoisotopic (exact) mass is 253 g/mol. The molecule has 0 aromatic rings. The van der Waals surface area contributed by atoms with Gasteiger partial charge in [0.15, 0.2) is 0 Å². The summed E-state index contributed by atoms with van der Waals surface area (Å²) in [5.74, 6) is 0.595. The summed E-state index contributed by atoms with van der Waals surface area (Å²) in [5.41, 5.74) is 5.04. The number of nitrogens with two attached hydrogens (primary N) is 1. The predicted molar refractivity (Wildman–Crippen MR) is 73.2 cm³/mol. The van der Waals surface area contributed by atoms with Gasteiger partial charge >= 0.3 is 0 Å². The van der Waals surface area contributed by atoms with Crippen LogP contribution in [-0.2, 0) is 4.79 Å². The first kappa shape index (κ1) is 13.8. The number of hydrogen-bond acceptors (Lipinski definition) is 3. The Morgan fingerprint density at radius 3 is 2.67 bits per heavy atom. The molecule has 4 nitrogen and oxygen atoms in total. The normalized spacial score (nSPS) is 29.6. The second kappa shape index (κ2) is 5.57. The van der Waals surface area contributed by atoms with E-state index in [1.54, 1.807) is 0 Å². The van der Waals surface area contributed by atoms with Crippen LogP contribution in [0, 0.1) is 5.92 Å². The van der Waals surface area contributed by atoms with Gasteiger partial charge in [0.25, 0.3) is 0 Å². The van der Waals surface area contributed by atoms with Crippen LogP contribution in [0.25, 0.3) is 0 Å². The lowest BCUT2D eigenvalue weighted by atomic mass is 10.00. The standard InChI is InChI=1S/C14H27N3O/c1-11-4-3-8-17(9-7-11)10-14(2,13(15)18)16-12-5-6-12/h11-12,16H,3-10H2,1-2H3,(H2,15,18). The maximum Gasteiger partial charge on any atom is 0.238 e. The number of nitrogens with one attached hydrogen (secondary N) is 1. The lowest BCUT2D eigenvalue weighted by Crippen LogP contribution is -2.60. The van der Waals surface area contributed by atoms with Gasteiger partial charge in [-0.15, -0.1) is 0 Å². The minimum absolute atomic E-state index is 0.216. The van der Waals surface area contributed by atoms with Crippen LogP contribution >= 0.6 is 0 Å². The van der Waals surface area contributed by atoms with E-state index in [2.05, 4.69) is 17.1 Å². The average Bonchev–Trinajstić information content (AvgIpc) is 3.09. The van der Waals surface area contributed by atoms with Crippen LogP contribution in [0.3, 0.4) is 0 Å². The second-order valence-corrected chi connectivity index (χ2v) is 6.43. The molecule has 0 spiro atoms. The molecule has 4 heteroatoms. The van der Waals surface area contributed by atoms with E-state index < -0.39 is 5.54 Å². The molecule has 1 saturated heterocycles. The van der Waals surface area contributed by atoms with Gasteiger partial charge in [-0.2, -0.15) is 0 Å². The Bertz CT molecular complexity index is 303. The Kier molecular flexibility index (Phi) is 4.28. The van der Waals surface area contributed by atoms with Gasteiger partial charge in [-0.25, -0.2) is 0 Å². The molecule has 1 aliphatic heterocycles. The number of carbonyl (C=O) groups excluding carboxylic acids is 1. The third-order valence-corrected chi connectivity index (χ3v) is 4.29. The van der Waals surface area contributed by atoms with Crippen LogP contribution in [0.2, 0.25) is 0 Å². The molecule has 2 aliphatic rings. The van der Waals surface area contributed by atoms with Gasteiger partial charge in [0.05, 0.1) is 0 Å².